The highest BCUT2D eigenvalue weighted by molar-refractivity contribution is 7.99. The first-order valence-electron chi connectivity index (χ1n) is 10.2. The van der Waals surface area contributed by atoms with E-state index in [9.17, 15) is 4.79 Å². The summed E-state index contributed by atoms with van der Waals surface area (Å²) in [6.07, 6.45) is 4.89. The zero-order valence-electron chi connectivity index (χ0n) is 18.4. The van der Waals surface area contributed by atoms with Crippen LogP contribution in [0, 0.1) is 0 Å². The van der Waals surface area contributed by atoms with Gasteiger partial charge in [0.2, 0.25) is 0 Å². The van der Waals surface area contributed by atoms with E-state index in [0.717, 1.165) is 41.2 Å². The molecule has 156 valence electrons. The minimum atomic E-state index is -1.78. The molecule has 0 amide bonds. The van der Waals surface area contributed by atoms with Gasteiger partial charge in [0.15, 0.2) is 13.5 Å². The van der Waals surface area contributed by atoms with Gasteiger partial charge in [0.25, 0.3) is 5.56 Å². The second-order valence-electron chi connectivity index (χ2n) is 8.92. The van der Waals surface area contributed by atoms with Gasteiger partial charge in [0, 0.05) is 36.1 Å². The van der Waals surface area contributed by atoms with Crippen LogP contribution in [0.4, 0.5) is 0 Å². The molecule has 2 aromatic heterocycles. The number of nitrogens with zero attached hydrogens (tertiary/aromatic N) is 3. The van der Waals surface area contributed by atoms with Crippen molar-refractivity contribution in [2.45, 2.75) is 83.2 Å². The van der Waals surface area contributed by atoms with Gasteiger partial charge in [0.05, 0.1) is 0 Å². The Bertz CT molecular complexity index is 846. The lowest BCUT2D eigenvalue weighted by Crippen LogP contribution is -2.41. The number of unbranched alkanes of at least 4 members (excludes halogenated alkanes) is 1. The lowest BCUT2D eigenvalue weighted by atomic mass is 10.2. The maximum absolute atomic E-state index is 12.6. The van der Waals surface area contributed by atoms with Crippen LogP contribution in [-0.2, 0) is 4.43 Å². The lowest BCUT2D eigenvalue weighted by molar-refractivity contribution is 0.260. The minimum absolute atomic E-state index is 0.0179. The highest BCUT2D eigenvalue weighted by Crippen LogP contribution is 2.36. The Morgan fingerprint density at radius 3 is 2.64 bits per heavy atom. The highest BCUT2D eigenvalue weighted by Gasteiger charge is 2.37. The molecular weight excluding hydrogens is 386 g/mol. The first kappa shape index (κ1) is 23.1. The van der Waals surface area contributed by atoms with Crippen molar-refractivity contribution in [3.8, 4) is 0 Å². The van der Waals surface area contributed by atoms with Crippen LogP contribution in [0.25, 0.3) is 11.0 Å². The third-order valence-corrected chi connectivity index (χ3v) is 11.1. The maximum Gasteiger partial charge on any atom is 0.252 e. The van der Waals surface area contributed by atoms with Gasteiger partial charge in [0.1, 0.15) is 5.65 Å². The van der Waals surface area contributed by atoms with Crippen molar-refractivity contribution in [2.24, 2.45) is 0 Å². The van der Waals surface area contributed by atoms with Crippen molar-refractivity contribution in [3.05, 3.63) is 28.7 Å². The van der Waals surface area contributed by atoms with Gasteiger partial charge in [-0.05, 0) is 44.0 Å². The number of fused-ring (bicyclic) bond motifs is 1. The fourth-order valence-electron chi connectivity index (χ4n) is 2.66. The monoisotopic (exact) mass is 421 g/mol. The predicted molar refractivity (Wildman–Crippen MR) is 122 cm³/mol. The van der Waals surface area contributed by atoms with Crippen LogP contribution < -0.4 is 5.56 Å². The average molecular weight is 422 g/mol. The Morgan fingerprint density at radius 1 is 1.29 bits per heavy atom. The van der Waals surface area contributed by atoms with Crippen LogP contribution in [0.5, 0.6) is 0 Å². The molecule has 2 rings (SSSR count). The summed E-state index contributed by atoms with van der Waals surface area (Å²) in [5.41, 5.74) is 0.705. The summed E-state index contributed by atoms with van der Waals surface area (Å²) in [5, 5.41) is 1.83. The van der Waals surface area contributed by atoms with Gasteiger partial charge in [-0.1, -0.05) is 45.9 Å². The number of thioether (sulfide) groups is 1. The van der Waals surface area contributed by atoms with E-state index in [2.05, 4.69) is 52.7 Å². The molecule has 0 bridgehead atoms. The van der Waals surface area contributed by atoms with Crippen LogP contribution >= 0.6 is 11.8 Å². The van der Waals surface area contributed by atoms with Crippen molar-refractivity contribution < 1.29 is 4.43 Å². The largest absolute Gasteiger partial charge is 0.417 e. The van der Waals surface area contributed by atoms with Crippen molar-refractivity contribution in [3.63, 3.8) is 0 Å². The van der Waals surface area contributed by atoms with Crippen LogP contribution in [0.15, 0.2) is 28.3 Å². The van der Waals surface area contributed by atoms with E-state index >= 15 is 0 Å². The van der Waals surface area contributed by atoms with Crippen LogP contribution in [0.2, 0.25) is 18.1 Å². The predicted octanol–water partition coefficient (Wildman–Crippen LogP) is 5.66. The molecule has 28 heavy (non-hydrogen) atoms. The van der Waals surface area contributed by atoms with Crippen molar-refractivity contribution in [1.82, 2.24) is 14.5 Å². The minimum Gasteiger partial charge on any atom is -0.417 e. The van der Waals surface area contributed by atoms with E-state index in [1.165, 1.54) is 0 Å². The van der Waals surface area contributed by atoms with E-state index in [1.54, 1.807) is 22.4 Å². The van der Waals surface area contributed by atoms with Gasteiger partial charge in [-0.25, -0.2) is 9.97 Å². The zero-order valence-corrected chi connectivity index (χ0v) is 20.2. The molecule has 0 saturated carbocycles. The molecule has 2 aromatic rings. The molecule has 0 spiro atoms. The second kappa shape index (κ2) is 9.54. The van der Waals surface area contributed by atoms with Crippen LogP contribution in [-0.4, -0.2) is 35.2 Å². The molecule has 0 saturated heterocycles. The van der Waals surface area contributed by atoms with Crippen molar-refractivity contribution in [1.29, 1.82) is 0 Å². The zero-order chi connectivity index (χ0) is 20.9. The first-order valence-corrected chi connectivity index (χ1v) is 14.1. The summed E-state index contributed by atoms with van der Waals surface area (Å²) in [4.78, 5) is 21.8. The van der Waals surface area contributed by atoms with Crippen molar-refractivity contribution in [2.75, 3.05) is 12.4 Å². The Morgan fingerprint density at radius 2 is 2.00 bits per heavy atom. The summed E-state index contributed by atoms with van der Waals surface area (Å²) in [6.45, 7) is 16.1. The molecule has 2 heterocycles. The molecule has 7 heteroatoms. The molecule has 0 fully saturated rings. The molecule has 0 aliphatic rings. The molecule has 0 N–H and O–H groups in total. The Hall–Kier alpha value is -1.18. The molecule has 0 radical (unpaired) electrons. The fourth-order valence-corrected chi connectivity index (χ4v) is 4.61. The number of hydrogen-bond donors (Lipinski definition) is 0. The molecule has 1 atom stereocenters. The maximum atomic E-state index is 12.6. The SMILES string of the molecule is CCCCSc1ncc2ccc(=O)n(C(C)CCO[Si](C)(C)C(C)(C)C)c2n1. The van der Waals surface area contributed by atoms with Gasteiger partial charge >= 0.3 is 0 Å². The van der Waals surface area contributed by atoms with E-state index in [4.69, 9.17) is 9.41 Å². The van der Waals surface area contributed by atoms with E-state index in [0.29, 0.717) is 6.61 Å². The number of pyridine rings is 1. The van der Waals surface area contributed by atoms with Gasteiger partial charge in [-0.2, -0.15) is 0 Å². The summed E-state index contributed by atoms with van der Waals surface area (Å²) in [6, 6.07) is 3.44. The Balaban J connectivity index is 2.20. The van der Waals surface area contributed by atoms with E-state index < -0.39 is 8.32 Å². The number of aromatic nitrogens is 3. The third-order valence-electron chi connectivity index (χ3n) is 5.62. The molecule has 0 aliphatic heterocycles. The lowest BCUT2D eigenvalue weighted by Gasteiger charge is -2.36. The molecule has 0 aliphatic carbocycles. The smallest absolute Gasteiger partial charge is 0.252 e. The number of rotatable bonds is 9. The second-order valence-corrected chi connectivity index (χ2v) is 14.8. The number of hydrogen-bond acceptors (Lipinski definition) is 5. The third kappa shape index (κ3) is 5.67. The molecule has 5 nitrogen and oxygen atoms in total. The molecular formula is C21H35N3O2SSi. The summed E-state index contributed by atoms with van der Waals surface area (Å²) < 4.78 is 8.12. The van der Waals surface area contributed by atoms with Gasteiger partial charge < -0.3 is 4.43 Å². The summed E-state index contributed by atoms with van der Waals surface area (Å²) in [7, 11) is -1.78. The average Bonchev–Trinajstić information content (AvgIpc) is 2.60. The summed E-state index contributed by atoms with van der Waals surface area (Å²) >= 11 is 1.65. The van der Waals surface area contributed by atoms with Crippen molar-refractivity contribution >= 4 is 31.1 Å². The first-order chi connectivity index (χ1) is 13.1. The van der Waals surface area contributed by atoms with E-state index in [1.807, 2.05) is 12.3 Å². The Labute approximate surface area is 174 Å². The fraction of sp³-hybridized carbons (Fsp3) is 0.667. The normalized spacial score (nSPS) is 13.8. The Kier molecular flexibility index (Phi) is 7.87. The molecule has 0 aromatic carbocycles. The highest BCUT2D eigenvalue weighted by atomic mass is 32.2. The van der Waals surface area contributed by atoms with E-state index in [-0.39, 0.29) is 16.6 Å². The molecule has 1 unspecified atom stereocenters. The standard InChI is InChI=1S/C21H35N3O2SSi/c1-8-9-14-27-20-22-15-17-10-11-18(25)24(19(17)23-20)16(2)12-13-26-28(6,7)21(3,4)5/h10-11,15-16H,8-9,12-14H2,1-7H3. The summed E-state index contributed by atoms with van der Waals surface area (Å²) in [5.74, 6) is 0.995. The quantitative estimate of drug-likeness (QED) is 0.226. The van der Waals surface area contributed by atoms with Gasteiger partial charge in [-0.15, -0.1) is 0 Å². The van der Waals surface area contributed by atoms with Crippen LogP contribution in [0.3, 0.4) is 0 Å². The van der Waals surface area contributed by atoms with Crippen LogP contribution in [0.1, 0.15) is 59.9 Å². The topological polar surface area (TPSA) is 57.0 Å². The van der Waals surface area contributed by atoms with Gasteiger partial charge in [-0.3, -0.25) is 9.36 Å².